The third-order valence-corrected chi connectivity index (χ3v) is 15.2. The molecule has 1 spiro atoms. The van der Waals surface area contributed by atoms with Gasteiger partial charge in [-0.2, -0.15) is 0 Å². The molecular weight excluding hydrogens is 835 g/mol. The number of piperazine rings is 1. The molecule has 1 amide bonds. The summed E-state index contributed by atoms with van der Waals surface area (Å²) in [5.74, 6) is 0.201. The number of nitrogens with one attached hydrogen (secondary N) is 3. The van der Waals surface area contributed by atoms with Crippen molar-refractivity contribution in [3.05, 3.63) is 106 Å². The zero-order valence-corrected chi connectivity index (χ0v) is 37.5. The first kappa shape index (κ1) is 43.6. The van der Waals surface area contributed by atoms with Crippen LogP contribution < -0.4 is 19.7 Å². The highest BCUT2D eigenvalue weighted by Gasteiger charge is 2.50. The number of nitro groups is 1. The lowest BCUT2D eigenvalue weighted by atomic mass is 9.59. The van der Waals surface area contributed by atoms with Gasteiger partial charge < -0.3 is 29.6 Å². The Hall–Kier alpha value is -5.62. The minimum Gasteiger partial charge on any atom is -0.455 e. The van der Waals surface area contributed by atoms with Crippen molar-refractivity contribution in [1.82, 2.24) is 29.5 Å². The van der Waals surface area contributed by atoms with Crippen LogP contribution in [-0.4, -0.2) is 110 Å². The van der Waals surface area contributed by atoms with Gasteiger partial charge in [-0.3, -0.25) is 19.8 Å². The van der Waals surface area contributed by atoms with Gasteiger partial charge in [0.1, 0.15) is 22.0 Å². The van der Waals surface area contributed by atoms with Gasteiger partial charge in [-0.15, -0.1) is 0 Å². The van der Waals surface area contributed by atoms with E-state index in [-0.39, 0.29) is 28.5 Å². The van der Waals surface area contributed by atoms with Crippen LogP contribution in [0.15, 0.2) is 84.1 Å². The fourth-order valence-corrected chi connectivity index (χ4v) is 11.1. The number of likely N-dealkylation sites (N-methyl/N-ethyl adjacent to an activating group) is 1. The lowest BCUT2D eigenvalue weighted by Gasteiger charge is -2.58. The number of aromatic amines is 1. The SMILES string of the molecule is CC(C)c1ccccc1C1CN(C)CCN1C1CC2(CCN(c3ccc(C(=O)NS(=O)(=O)c4cnc(NCC5CCOCC5)c([N+](=O)[O-])c4)c(Oc4cnc5[nH]ccc5c4)c3)CC2)C1. The van der Waals surface area contributed by atoms with Crippen LogP contribution in [0.3, 0.4) is 0 Å². The standard InChI is InChI=1S/C47H57N9O7S/c1-31(2)38-6-4-5-7-39(38)42-30-53(3)18-19-55(42)35-25-47(26-35)13-16-54(17-14-47)34-8-9-40(43(23-34)63-36-22-33-10-15-48-44(33)50-28-36)46(57)52-64(60,61)37-24-41(56(58)59)45(51-29-37)49-27-32-11-20-62-21-12-32/h4-10,15,22-24,28-29,31-32,35,42H,11-14,16-21,25-27,30H2,1-3H3,(H,48,50)(H,49,51)(H,52,57). The van der Waals surface area contributed by atoms with E-state index in [1.165, 1.54) is 30.2 Å². The Bertz CT molecular complexity index is 2620. The smallest absolute Gasteiger partial charge is 0.312 e. The number of H-pyrrole nitrogens is 1. The van der Waals surface area contributed by atoms with E-state index in [1.54, 1.807) is 24.4 Å². The minimum absolute atomic E-state index is 0.0326. The topological polar surface area (TPSA) is 188 Å². The second kappa shape index (κ2) is 18.1. The molecule has 1 saturated carbocycles. The summed E-state index contributed by atoms with van der Waals surface area (Å²) < 4.78 is 41.2. The average Bonchev–Trinajstić information content (AvgIpc) is 3.76. The maximum atomic E-state index is 14.0. The minimum atomic E-state index is -4.61. The van der Waals surface area contributed by atoms with Gasteiger partial charge in [0.05, 0.1) is 22.9 Å². The molecule has 4 aliphatic rings. The summed E-state index contributed by atoms with van der Waals surface area (Å²) in [5.41, 5.74) is 4.15. The van der Waals surface area contributed by atoms with Gasteiger partial charge in [0, 0.05) is 94.0 Å². The third-order valence-electron chi connectivity index (χ3n) is 13.9. The van der Waals surface area contributed by atoms with Gasteiger partial charge in [-0.05, 0) is 98.2 Å². The molecule has 5 aromatic rings. The van der Waals surface area contributed by atoms with Crippen LogP contribution in [0.4, 0.5) is 17.2 Å². The van der Waals surface area contributed by atoms with Crippen LogP contribution in [-0.2, 0) is 14.8 Å². The number of piperidine rings is 1. The molecule has 64 heavy (non-hydrogen) atoms. The van der Waals surface area contributed by atoms with Crippen molar-refractivity contribution in [2.75, 3.05) is 69.7 Å². The molecule has 3 aromatic heterocycles. The van der Waals surface area contributed by atoms with E-state index in [4.69, 9.17) is 9.47 Å². The van der Waals surface area contributed by atoms with E-state index in [2.05, 4.69) is 84.9 Å². The lowest BCUT2D eigenvalue weighted by Crippen LogP contribution is -2.59. The maximum absolute atomic E-state index is 14.0. The second-order valence-electron chi connectivity index (χ2n) is 18.4. The van der Waals surface area contributed by atoms with E-state index in [9.17, 15) is 23.3 Å². The highest BCUT2D eigenvalue weighted by Crippen LogP contribution is 2.53. The lowest BCUT2D eigenvalue weighted by molar-refractivity contribution is -0.384. The van der Waals surface area contributed by atoms with Crippen LogP contribution in [0.2, 0.25) is 0 Å². The van der Waals surface area contributed by atoms with Crippen molar-refractivity contribution in [2.24, 2.45) is 11.3 Å². The number of fused-ring (bicyclic) bond motifs is 1. The first-order valence-electron chi connectivity index (χ1n) is 22.4. The average molecular weight is 892 g/mol. The second-order valence-corrected chi connectivity index (χ2v) is 20.1. The number of sulfonamides is 1. The summed E-state index contributed by atoms with van der Waals surface area (Å²) in [5, 5.41) is 15.9. The predicted molar refractivity (Wildman–Crippen MR) is 245 cm³/mol. The van der Waals surface area contributed by atoms with Gasteiger partial charge in [0.15, 0.2) is 0 Å². The number of nitrogens with zero attached hydrogens (tertiary/aromatic N) is 6. The molecule has 338 valence electrons. The first-order valence-corrected chi connectivity index (χ1v) is 23.9. The Morgan fingerprint density at radius 3 is 2.56 bits per heavy atom. The Morgan fingerprint density at radius 1 is 1.02 bits per heavy atom. The molecule has 6 heterocycles. The Kier molecular flexibility index (Phi) is 12.3. The number of hydrogen-bond donors (Lipinski definition) is 3. The summed E-state index contributed by atoms with van der Waals surface area (Å²) in [7, 11) is -2.37. The summed E-state index contributed by atoms with van der Waals surface area (Å²) in [6.07, 6.45) is 10.4. The number of carbonyl (C=O) groups is 1. The molecule has 0 bridgehead atoms. The van der Waals surface area contributed by atoms with E-state index in [1.807, 2.05) is 12.1 Å². The molecule has 9 rings (SSSR count). The molecule has 4 fully saturated rings. The molecule has 2 aromatic carbocycles. The summed E-state index contributed by atoms with van der Waals surface area (Å²) in [6.45, 7) is 11.0. The van der Waals surface area contributed by atoms with E-state index in [0.29, 0.717) is 49.2 Å². The predicted octanol–water partition coefficient (Wildman–Crippen LogP) is 7.48. The molecule has 16 nitrogen and oxygen atoms in total. The monoisotopic (exact) mass is 891 g/mol. The molecule has 3 saturated heterocycles. The molecule has 3 aliphatic heterocycles. The molecule has 0 radical (unpaired) electrons. The number of aromatic nitrogens is 3. The van der Waals surface area contributed by atoms with E-state index >= 15 is 0 Å². The molecular formula is C47H57N9O7S. The van der Waals surface area contributed by atoms with Crippen LogP contribution in [0.5, 0.6) is 11.5 Å². The van der Waals surface area contributed by atoms with Crippen molar-refractivity contribution >= 4 is 44.2 Å². The first-order chi connectivity index (χ1) is 30.8. The van der Waals surface area contributed by atoms with Gasteiger partial charge >= 0.3 is 5.69 Å². The molecule has 1 atom stereocenters. The number of pyridine rings is 2. The largest absolute Gasteiger partial charge is 0.455 e. The van der Waals surface area contributed by atoms with Crippen LogP contribution in [0, 0.1) is 21.4 Å². The maximum Gasteiger partial charge on any atom is 0.312 e. The van der Waals surface area contributed by atoms with Gasteiger partial charge in [0.25, 0.3) is 15.9 Å². The fourth-order valence-electron chi connectivity index (χ4n) is 10.2. The van der Waals surface area contributed by atoms with Gasteiger partial charge in [0.2, 0.25) is 5.82 Å². The van der Waals surface area contributed by atoms with Crippen molar-refractivity contribution in [3.63, 3.8) is 0 Å². The molecule has 17 heteroatoms. The molecule has 1 aliphatic carbocycles. The van der Waals surface area contributed by atoms with Crippen LogP contribution in [0.25, 0.3) is 11.0 Å². The van der Waals surface area contributed by atoms with Crippen LogP contribution in [0.1, 0.15) is 85.8 Å². The Morgan fingerprint density at radius 2 is 1.80 bits per heavy atom. The summed E-state index contributed by atoms with van der Waals surface area (Å²) in [4.78, 5) is 44.0. The number of carbonyl (C=O) groups excluding carboxylic acids is 1. The molecule has 3 N–H and O–H groups in total. The number of ether oxygens (including phenoxy) is 2. The van der Waals surface area contributed by atoms with Crippen molar-refractivity contribution < 1.29 is 27.6 Å². The van der Waals surface area contributed by atoms with Gasteiger partial charge in [-0.1, -0.05) is 38.1 Å². The Labute approximate surface area is 373 Å². The number of anilines is 2. The van der Waals surface area contributed by atoms with Crippen molar-refractivity contribution in [2.45, 2.75) is 75.3 Å². The normalized spacial score (nSPS) is 20.1. The molecule has 1 unspecified atom stereocenters. The van der Waals surface area contributed by atoms with Crippen molar-refractivity contribution in [3.8, 4) is 11.5 Å². The van der Waals surface area contributed by atoms with Crippen LogP contribution >= 0.6 is 0 Å². The quantitative estimate of drug-likeness (QED) is 0.0781. The summed E-state index contributed by atoms with van der Waals surface area (Å²) in [6, 6.07) is 19.6. The summed E-state index contributed by atoms with van der Waals surface area (Å²) >= 11 is 0. The number of hydrogen-bond acceptors (Lipinski definition) is 13. The number of rotatable bonds is 13. The van der Waals surface area contributed by atoms with Gasteiger partial charge in [-0.25, -0.2) is 23.1 Å². The highest BCUT2D eigenvalue weighted by molar-refractivity contribution is 7.90. The number of amides is 1. The highest BCUT2D eigenvalue weighted by atomic mass is 32.2. The third kappa shape index (κ3) is 9.16. The van der Waals surface area contributed by atoms with E-state index < -0.39 is 31.4 Å². The van der Waals surface area contributed by atoms with Crippen molar-refractivity contribution in [1.29, 1.82) is 0 Å². The zero-order valence-electron chi connectivity index (χ0n) is 36.7. The van der Waals surface area contributed by atoms with E-state index in [0.717, 1.165) is 81.7 Å². The Balaban J connectivity index is 0.907. The zero-order chi connectivity index (χ0) is 44.6. The number of benzene rings is 2. The fraction of sp³-hybridized carbons (Fsp3) is 0.468.